The largest absolute Gasteiger partial charge is 0.385 e. The quantitative estimate of drug-likeness (QED) is 0.730. The van der Waals surface area contributed by atoms with Crippen molar-refractivity contribution < 1.29 is 9.53 Å². The smallest absolute Gasteiger partial charge is 0.271 e. The first-order chi connectivity index (χ1) is 11.2. The Hall–Kier alpha value is -2.47. The van der Waals surface area contributed by atoms with Gasteiger partial charge < -0.3 is 15.4 Å². The predicted octanol–water partition coefficient (Wildman–Crippen LogP) is 2.16. The molecular formula is C17H22N4O2. The van der Waals surface area contributed by atoms with Crippen LogP contribution < -0.4 is 10.6 Å². The number of benzene rings is 1. The molecule has 0 unspecified atom stereocenters. The van der Waals surface area contributed by atoms with Crippen LogP contribution in [0.2, 0.25) is 0 Å². The summed E-state index contributed by atoms with van der Waals surface area (Å²) >= 11 is 0. The molecule has 2 rings (SSSR count). The summed E-state index contributed by atoms with van der Waals surface area (Å²) in [7, 11) is 1.63. The molecule has 0 aliphatic carbocycles. The van der Waals surface area contributed by atoms with Crippen molar-refractivity contribution in [2.75, 3.05) is 25.6 Å². The number of rotatable bonds is 8. The highest BCUT2D eigenvalue weighted by molar-refractivity contribution is 5.92. The van der Waals surface area contributed by atoms with E-state index in [4.69, 9.17) is 4.74 Å². The highest BCUT2D eigenvalue weighted by Crippen LogP contribution is 2.10. The molecule has 0 fully saturated rings. The monoisotopic (exact) mass is 314 g/mol. The Kier molecular flexibility index (Phi) is 6.50. The fraction of sp³-hybridized carbons (Fsp3) is 0.353. The Morgan fingerprint density at radius 3 is 2.70 bits per heavy atom. The maximum atomic E-state index is 11.9. The minimum atomic E-state index is -0.223. The lowest BCUT2D eigenvalue weighted by atomic mass is 10.1. The van der Waals surface area contributed by atoms with Crippen LogP contribution >= 0.6 is 0 Å². The van der Waals surface area contributed by atoms with E-state index < -0.39 is 0 Å². The zero-order chi connectivity index (χ0) is 16.5. The first-order valence-electron chi connectivity index (χ1n) is 7.60. The molecule has 0 atom stereocenters. The number of methoxy groups -OCH3 is 1. The number of amides is 1. The second kappa shape index (κ2) is 8.85. The molecule has 6 heteroatoms. The second-order valence-electron chi connectivity index (χ2n) is 5.19. The fourth-order valence-electron chi connectivity index (χ4n) is 2.05. The maximum absolute atomic E-state index is 11.9. The van der Waals surface area contributed by atoms with Crippen LogP contribution in [0.1, 0.15) is 28.0 Å². The first-order valence-corrected chi connectivity index (χ1v) is 7.60. The predicted molar refractivity (Wildman–Crippen MR) is 89.4 cm³/mol. The molecule has 0 saturated carbocycles. The number of nitrogens with one attached hydrogen (secondary N) is 2. The highest BCUT2D eigenvalue weighted by atomic mass is 16.5. The number of anilines is 1. The van der Waals surface area contributed by atoms with Gasteiger partial charge in [-0.1, -0.05) is 24.3 Å². The van der Waals surface area contributed by atoms with Crippen LogP contribution in [0, 0.1) is 6.92 Å². The molecule has 23 heavy (non-hydrogen) atoms. The molecule has 1 aromatic heterocycles. The van der Waals surface area contributed by atoms with Gasteiger partial charge in [-0.2, -0.15) is 0 Å². The van der Waals surface area contributed by atoms with E-state index in [9.17, 15) is 4.79 Å². The van der Waals surface area contributed by atoms with Gasteiger partial charge >= 0.3 is 0 Å². The van der Waals surface area contributed by atoms with Gasteiger partial charge in [0.2, 0.25) is 0 Å². The van der Waals surface area contributed by atoms with Crippen LogP contribution in [-0.2, 0) is 11.3 Å². The van der Waals surface area contributed by atoms with Gasteiger partial charge in [0.15, 0.2) is 5.69 Å². The Labute approximate surface area is 136 Å². The van der Waals surface area contributed by atoms with Gasteiger partial charge in [-0.05, 0) is 36.6 Å². The van der Waals surface area contributed by atoms with Crippen LogP contribution in [-0.4, -0.2) is 36.4 Å². The first kappa shape index (κ1) is 16.9. The molecular weight excluding hydrogens is 292 g/mol. The summed E-state index contributed by atoms with van der Waals surface area (Å²) in [5.41, 5.74) is 2.73. The van der Waals surface area contributed by atoms with Gasteiger partial charge in [0.25, 0.3) is 5.91 Å². The molecule has 0 aliphatic rings. The lowest BCUT2D eigenvalue weighted by molar-refractivity contribution is 0.0942. The Bertz CT molecular complexity index is 629. The van der Waals surface area contributed by atoms with Gasteiger partial charge in [0.05, 0.1) is 0 Å². The average Bonchev–Trinajstić information content (AvgIpc) is 2.58. The number of carbonyl (C=O) groups is 1. The van der Waals surface area contributed by atoms with E-state index >= 15 is 0 Å². The van der Waals surface area contributed by atoms with Crippen molar-refractivity contribution in [2.45, 2.75) is 19.9 Å². The molecule has 0 spiro atoms. The molecule has 1 heterocycles. The molecule has 2 aromatic rings. The summed E-state index contributed by atoms with van der Waals surface area (Å²) in [6.07, 6.45) is 0.770. The van der Waals surface area contributed by atoms with E-state index in [0.29, 0.717) is 31.2 Å². The summed E-state index contributed by atoms with van der Waals surface area (Å²) in [4.78, 5) is 11.9. The van der Waals surface area contributed by atoms with Crippen LogP contribution in [0.5, 0.6) is 0 Å². The van der Waals surface area contributed by atoms with E-state index in [1.807, 2.05) is 12.1 Å². The molecule has 0 aliphatic heterocycles. The van der Waals surface area contributed by atoms with Crippen molar-refractivity contribution in [1.82, 2.24) is 15.5 Å². The molecule has 0 radical (unpaired) electrons. The van der Waals surface area contributed by atoms with Gasteiger partial charge in [-0.25, -0.2) is 0 Å². The van der Waals surface area contributed by atoms with Crippen molar-refractivity contribution in [3.05, 3.63) is 53.2 Å². The van der Waals surface area contributed by atoms with Crippen molar-refractivity contribution in [3.8, 4) is 0 Å². The van der Waals surface area contributed by atoms with E-state index in [1.54, 1.807) is 19.2 Å². The van der Waals surface area contributed by atoms with Gasteiger partial charge in [0, 0.05) is 26.8 Å². The third kappa shape index (κ3) is 5.34. The maximum Gasteiger partial charge on any atom is 0.271 e. The van der Waals surface area contributed by atoms with E-state index in [-0.39, 0.29) is 5.91 Å². The topological polar surface area (TPSA) is 76.1 Å². The third-order valence-electron chi connectivity index (χ3n) is 3.43. The zero-order valence-corrected chi connectivity index (χ0v) is 13.5. The van der Waals surface area contributed by atoms with Crippen molar-refractivity contribution >= 4 is 11.7 Å². The molecule has 0 saturated heterocycles. The number of ether oxygens (including phenoxy) is 1. The lowest BCUT2D eigenvalue weighted by Gasteiger charge is -2.08. The average molecular weight is 314 g/mol. The van der Waals surface area contributed by atoms with Crippen molar-refractivity contribution in [1.29, 1.82) is 0 Å². The minimum Gasteiger partial charge on any atom is -0.385 e. The van der Waals surface area contributed by atoms with Gasteiger partial charge in [-0.15, -0.1) is 10.2 Å². The molecule has 2 N–H and O–H groups in total. The summed E-state index contributed by atoms with van der Waals surface area (Å²) in [5.74, 6) is 0.420. The molecule has 0 bridgehead atoms. The van der Waals surface area contributed by atoms with Crippen molar-refractivity contribution in [2.24, 2.45) is 0 Å². The number of hydrogen-bond acceptors (Lipinski definition) is 5. The molecule has 122 valence electrons. The fourth-order valence-corrected chi connectivity index (χ4v) is 2.05. The SMILES string of the molecule is COCCCNC(=O)c1ccc(NCc2ccccc2C)nn1. The van der Waals surface area contributed by atoms with Crippen LogP contribution in [0.3, 0.4) is 0 Å². The normalized spacial score (nSPS) is 10.3. The van der Waals surface area contributed by atoms with Crippen molar-refractivity contribution in [3.63, 3.8) is 0 Å². The van der Waals surface area contributed by atoms with Crippen LogP contribution in [0.4, 0.5) is 5.82 Å². The number of carbonyl (C=O) groups excluding carboxylic acids is 1. The summed E-state index contributed by atoms with van der Waals surface area (Å²) in [6.45, 7) is 3.92. The Morgan fingerprint density at radius 2 is 2.00 bits per heavy atom. The molecule has 6 nitrogen and oxygen atoms in total. The lowest BCUT2D eigenvalue weighted by Crippen LogP contribution is -2.26. The molecule has 1 aromatic carbocycles. The van der Waals surface area contributed by atoms with E-state index in [1.165, 1.54) is 11.1 Å². The number of hydrogen-bond donors (Lipinski definition) is 2. The summed E-state index contributed by atoms with van der Waals surface area (Å²) in [6, 6.07) is 11.6. The number of aryl methyl sites for hydroxylation is 1. The third-order valence-corrected chi connectivity index (χ3v) is 3.43. The van der Waals surface area contributed by atoms with E-state index in [0.717, 1.165) is 6.42 Å². The van der Waals surface area contributed by atoms with E-state index in [2.05, 4.69) is 39.9 Å². The second-order valence-corrected chi connectivity index (χ2v) is 5.19. The number of nitrogens with zero attached hydrogens (tertiary/aromatic N) is 2. The Balaban J connectivity index is 1.84. The van der Waals surface area contributed by atoms with Gasteiger partial charge in [-0.3, -0.25) is 4.79 Å². The van der Waals surface area contributed by atoms with Crippen LogP contribution in [0.15, 0.2) is 36.4 Å². The minimum absolute atomic E-state index is 0.223. The highest BCUT2D eigenvalue weighted by Gasteiger charge is 2.07. The number of aromatic nitrogens is 2. The standard InChI is InChI=1S/C17H22N4O2/c1-13-6-3-4-7-14(13)12-19-16-9-8-15(20-21-16)17(22)18-10-5-11-23-2/h3-4,6-9H,5,10-12H2,1-2H3,(H,18,22)(H,19,21). The van der Waals surface area contributed by atoms with Crippen LogP contribution in [0.25, 0.3) is 0 Å². The van der Waals surface area contributed by atoms with Gasteiger partial charge in [0.1, 0.15) is 5.82 Å². The zero-order valence-electron chi connectivity index (χ0n) is 13.5. The molecule has 1 amide bonds. The summed E-state index contributed by atoms with van der Waals surface area (Å²) < 4.78 is 4.93. The Morgan fingerprint density at radius 1 is 1.17 bits per heavy atom. The summed E-state index contributed by atoms with van der Waals surface area (Å²) in [5, 5.41) is 14.0.